The molecule has 0 saturated carbocycles. The lowest BCUT2D eigenvalue weighted by molar-refractivity contribution is -0.133. The van der Waals surface area contributed by atoms with Crippen LogP contribution in [0, 0.1) is 0 Å². The molecule has 0 aromatic heterocycles. The van der Waals surface area contributed by atoms with Crippen molar-refractivity contribution in [3.05, 3.63) is 42.0 Å². The van der Waals surface area contributed by atoms with Crippen molar-refractivity contribution >= 4 is 5.97 Å². The third-order valence-corrected chi connectivity index (χ3v) is 2.04. The molecule has 0 radical (unpaired) electrons. The number of ether oxygens (including phenoxy) is 1. The molecule has 0 amide bonds. The average Bonchev–Trinajstić information content (AvgIpc) is 2.27. The van der Waals surface area contributed by atoms with Gasteiger partial charge in [-0.2, -0.15) is 0 Å². The molecule has 0 fully saturated rings. The highest BCUT2D eigenvalue weighted by Gasteiger charge is 2.17. The largest absolute Gasteiger partial charge is 0.497 e. The summed E-state index contributed by atoms with van der Waals surface area (Å²) in [5.74, 6) is -0.565. The molecule has 0 aliphatic heterocycles. The van der Waals surface area contributed by atoms with E-state index in [1.165, 1.54) is 7.11 Å². The molecule has 0 heterocycles. The molecule has 0 aliphatic carbocycles. The number of aliphatic carboxylic acids is 1. The van der Waals surface area contributed by atoms with Gasteiger partial charge in [-0.1, -0.05) is 18.7 Å². The topological polar surface area (TPSA) is 66.8 Å². The van der Waals surface area contributed by atoms with Crippen LogP contribution in [0.2, 0.25) is 0 Å². The SMILES string of the molecule is C=C(C(=O)O)[C@H](O)c1ccc(OC)cc1. The number of carboxylic acid groups (broad SMARTS) is 1. The fourth-order valence-corrected chi connectivity index (χ4v) is 1.10. The van der Waals surface area contributed by atoms with Gasteiger partial charge in [0.1, 0.15) is 11.9 Å². The number of rotatable bonds is 4. The van der Waals surface area contributed by atoms with E-state index >= 15 is 0 Å². The molecule has 1 aromatic carbocycles. The maximum Gasteiger partial charge on any atom is 0.333 e. The Morgan fingerprint density at radius 2 is 1.93 bits per heavy atom. The van der Waals surface area contributed by atoms with Crippen LogP contribution in [-0.4, -0.2) is 23.3 Å². The molecule has 80 valence electrons. The highest BCUT2D eigenvalue weighted by atomic mass is 16.5. The first-order chi connectivity index (χ1) is 7.06. The Hall–Kier alpha value is -1.81. The van der Waals surface area contributed by atoms with Crippen LogP contribution >= 0.6 is 0 Å². The molecule has 0 spiro atoms. The minimum atomic E-state index is -1.21. The van der Waals surface area contributed by atoms with E-state index in [4.69, 9.17) is 9.84 Å². The van der Waals surface area contributed by atoms with Gasteiger partial charge in [-0.15, -0.1) is 0 Å². The van der Waals surface area contributed by atoms with Crippen molar-refractivity contribution in [2.24, 2.45) is 0 Å². The van der Waals surface area contributed by atoms with E-state index in [0.29, 0.717) is 11.3 Å². The minimum Gasteiger partial charge on any atom is -0.497 e. The summed E-state index contributed by atoms with van der Waals surface area (Å²) in [6.45, 7) is 3.29. The van der Waals surface area contributed by atoms with Crippen molar-refractivity contribution in [2.75, 3.05) is 7.11 Å². The number of aliphatic hydroxyl groups excluding tert-OH is 1. The molecule has 2 N–H and O–H groups in total. The van der Waals surface area contributed by atoms with Crippen LogP contribution in [0.25, 0.3) is 0 Å². The third-order valence-electron chi connectivity index (χ3n) is 2.04. The zero-order chi connectivity index (χ0) is 11.4. The number of methoxy groups -OCH3 is 1. The maximum absolute atomic E-state index is 10.6. The fourth-order valence-electron chi connectivity index (χ4n) is 1.10. The second-order valence-electron chi connectivity index (χ2n) is 3.01. The molecule has 0 aliphatic rings. The van der Waals surface area contributed by atoms with E-state index in [1.54, 1.807) is 24.3 Å². The first-order valence-electron chi connectivity index (χ1n) is 4.30. The summed E-state index contributed by atoms with van der Waals surface area (Å²) < 4.78 is 4.94. The number of aliphatic hydroxyl groups is 1. The number of benzene rings is 1. The molecule has 0 saturated heterocycles. The van der Waals surface area contributed by atoms with Crippen LogP contribution in [0.3, 0.4) is 0 Å². The molecular weight excluding hydrogens is 196 g/mol. The van der Waals surface area contributed by atoms with E-state index in [9.17, 15) is 9.90 Å². The molecular formula is C11H12O4. The molecule has 4 heteroatoms. The lowest BCUT2D eigenvalue weighted by Crippen LogP contribution is -2.09. The average molecular weight is 208 g/mol. The summed E-state index contributed by atoms with van der Waals surface area (Å²) in [5.41, 5.74) is 0.225. The predicted octanol–water partition coefficient (Wildman–Crippen LogP) is 1.37. The van der Waals surface area contributed by atoms with E-state index < -0.39 is 12.1 Å². The maximum atomic E-state index is 10.6. The van der Waals surface area contributed by atoms with Crippen LogP contribution in [0.5, 0.6) is 5.75 Å². The van der Waals surface area contributed by atoms with Crippen LogP contribution in [0.4, 0.5) is 0 Å². The van der Waals surface area contributed by atoms with Gasteiger partial charge in [-0.3, -0.25) is 0 Å². The van der Waals surface area contributed by atoms with E-state index in [-0.39, 0.29) is 5.57 Å². The molecule has 15 heavy (non-hydrogen) atoms. The number of carboxylic acids is 1. The van der Waals surface area contributed by atoms with Gasteiger partial charge in [0.05, 0.1) is 12.7 Å². The molecule has 0 bridgehead atoms. The first kappa shape index (κ1) is 11.3. The lowest BCUT2D eigenvalue weighted by atomic mass is 10.0. The van der Waals surface area contributed by atoms with E-state index in [0.717, 1.165) is 0 Å². The quantitative estimate of drug-likeness (QED) is 0.733. The summed E-state index contributed by atoms with van der Waals surface area (Å²) >= 11 is 0. The second-order valence-corrected chi connectivity index (χ2v) is 3.01. The van der Waals surface area contributed by atoms with Crippen LogP contribution < -0.4 is 4.74 Å². The van der Waals surface area contributed by atoms with Crippen LogP contribution in [0.1, 0.15) is 11.7 Å². The monoisotopic (exact) mass is 208 g/mol. The number of carbonyl (C=O) groups is 1. The van der Waals surface area contributed by atoms with Crippen molar-refractivity contribution in [3.8, 4) is 5.75 Å². The predicted molar refractivity (Wildman–Crippen MR) is 54.7 cm³/mol. The first-order valence-corrected chi connectivity index (χ1v) is 4.30. The van der Waals surface area contributed by atoms with Gasteiger partial charge in [0.25, 0.3) is 0 Å². The van der Waals surface area contributed by atoms with Gasteiger partial charge in [0.15, 0.2) is 0 Å². The standard InChI is InChI=1S/C11H12O4/c1-7(11(13)14)10(12)8-3-5-9(15-2)6-4-8/h3-6,10,12H,1H2,2H3,(H,13,14)/t10-/m0/s1. The Kier molecular flexibility index (Phi) is 3.46. The molecule has 4 nitrogen and oxygen atoms in total. The van der Waals surface area contributed by atoms with Gasteiger partial charge >= 0.3 is 5.97 Å². The summed E-state index contributed by atoms with van der Waals surface area (Å²) in [7, 11) is 1.53. The molecule has 1 rings (SSSR count). The van der Waals surface area contributed by atoms with E-state index in [2.05, 4.69) is 6.58 Å². The fraction of sp³-hybridized carbons (Fsp3) is 0.182. The Labute approximate surface area is 87.4 Å². The Morgan fingerprint density at radius 1 is 1.40 bits per heavy atom. The van der Waals surface area contributed by atoms with Crippen molar-refractivity contribution in [3.63, 3.8) is 0 Å². The number of hydrogen-bond acceptors (Lipinski definition) is 3. The van der Waals surface area contributed by atoms with Crippen molar-refractivity contribution in [1.82, 2.24) is 0 Å². The summed E-state index contributed by atoms with van der Waals surface area (Å²) in [6, 6.07) is 6.48. The molecule has 1 aromatic rings. The van der Waals surface area contributed by atoms with Gasteiger partial charge in [0.2, 0.25) is 0 Å². The van der Waals surface area contributed by atoms with Gasteiger partial charge in [-0.05, 0) is 17.7 Å². The van der Waals surface area contributed by atoms with Crippen molar-refractivity contribution in [2.45, 2.75) is 6.10 Å². The number of hydrogen-bond donors (Lipinski definition) is 2. The third kappa shape index (κ3) is 2.57. The van der Waals surface area contributed by atoms with Gasteiger partial charge < -0.3 is 14.9 Å². The Bertz CT molecular complexity index is 367. The summed E-state index contributed by atoms with van der Waals surface area (Å²) in [4.78, 5) is 10.6. The summed E-state index contributed by atoms with van der Waals surface area (Å²) in [6.07, 6.45) is -1.19. The molecule has 0 unspecified atom stereocenters. The second kappa shape index (κ2) is 4.61. The highest BCUT2D eigenvalue weighted by molar-refractivity contribution is 5.87. The van der Waals surface area contributed by atoms with Crippen LogP contribution in [-0.2, 0) is 4.79 Å². The van der Waals surface area contributed by atoms with Crippen LogP contribution in [0.15, 0.2) is 36.4 Å². The lowest BCUT2D eigenvalue weighted by Gasteiger charge is -2.10. The normalized spacial score (nSPS) is 11.9. The Morgan fingerprint density at radius 3 is 2.33 bits per heavy atom. The highest BCUT2D eigenvalue weighted by Crippen LogP contribution is 2.22. The Balaban J connectivity index is 2.87. The van der Waals surface area contributed by atoms with E-state index in [1.807, 2.05) is 0 Å². The zero-order valence-electron chi connectivity index (χ0n) is 8.30. The van der Waals surface area contributed by atoms with Gasteiger partial charge in [-0.25, -0.2) is 4.79 Å². The van der Waals surface area contributed by atoms with Gasteiger partial charge in [0, 0.05) is 0 Å². The minimum absolute atomic E-state index is 0.250. The molecule has 1 atom stereocenters. The van der Waals surface area contributed by atoms with Crippen molar-refractivity contribution < 1.29 is 19.7 Å². The van der Waals surface area contributed by atoms with Crippen molar-refractivity contribution in [1.29, 1.82) is 0 Å². The smallest absolute Gasteiger partial charge is 0.333 e. The zero-order valence-corrected chi connectivity index (χ0v) is 8.30. The summed E-state index contributed by atoms with van der Waals surface area (Å²) in [5, 5.41) is 18.2.